The maximum Gasteiger partial charge on any atom is 0.0992 e. The Morgan fingerprint density at radius 1 is 1.44 bits per heavy atom. The van der Waals surface area contributed by atoms with Gasteiger partial charge in [0.15, 0.2) is 0 Å². The standard InChI is InChI=1S/C14H18BrN3/c1-17-10-11-4-6-18(7-5-11)14-3-2-12(9-16)8-13(14)15/h2-3,8,11,17H,4-7,10H2,1H3. The molecule has 0 saturated carbocycles. The molecule has 0 unspecified atom stereocenters. The van der Waals surface area contributed by atoms with E-state index in [1.54, 1.807) is 0 Å². The molecule has 0 radical (unpaired) electrons. The molecule has 1 aromatic rings. The Bertz CT molecular complexity index is 445. The van der Waals surface area contributed by atoms with Crippen LogP contribution in [0.5, 0.6) is 0 Å². The van der Waals surface area contributed by atoms with Crippen molar-refractivity contribution >= 4 is 21.6 Å². The Kier molecular flexibility index (Phi) is 4.62. The Hall–Kier alpha value is -1.05. The predicted octanol–water partition coefficient (Wildman–Crippen LogP) is 2.76. The molecule has 0 aliphatic carbocycles. The molecule has 96 valence electrons. The third-order valence-electron chi connectivity index (χ3n) is 3.52. The van der Waals surface area contributed by atoms with Crippen molar-refractivity contribution in [1.82, 2.24) is 5.32 Å². The number of anilines is 1. The molecule has 0 bridgehead atoms. The minimum atomic E-state index is 0.704. The van der Waals surface area contributed by atoms with Gasteiger partial charge in [0.05, 0.1) is 17.3 Å². The maximum atomic E-state index is 8.87. The fourth-order valence-electron chi connectivity index (χ4n) is 2.50. The first kappa shape index (κ1) is 13.4. The monoisotopic (exact) mass is 307 g/mol. The SMILES string of the molecule is CNCC1CCN(c2ccc(C#N)cc2Br)CC1. The molecule has 1 aromatic carbocycles. The fourth-order valence-corrected chi connectivity index (χ4v) is 3.13. The highest BCUT2D eigenvalue weighted by atomic mass is 79.9. The number of halogens is 1. The van der Waals surface area contributed by atoms with Gasteiger partial charge in [0.2, 0.25) is 0 Å². The Labute approximate surface area is 117 Å². The number of hydrogen-bond donors (Lipinski definition) is 1. The molecule has 18 heavy (non-hydrogen) atoms. The molecule has 0 aromatic heterocycles. The van der Waals surface area contributed by atoms with Crippen LogP contribution in [0, 0.1) is 17.2 Å². The summed E-state index contributed by atoms with van der Waals surface area (Å²) in [6.07, 6.45) is 2.46. The van der Waals surface area contributed by atoms with Gasteiger partial charge in [-0.3, -0.25) is 0 Å². The average molecular weight is 308 g/mol. The second-order valence-corrected chi connectivity index (χ2v) is 5.62. The number of benzene rings is 1. The lowest BCUT2D eigenvalue weighted by Gasteiger charge is -2.34. The molecule has 0 atom stereocenters. The number of nitrogens with zero attached hydrogens (tertiary/aromatic N) is 2. The molecule has 0 spiro atoms. The number of rotatable bonds is 3. The lowest BCUT2D eigenvalue weighted by molar-refractivity contribution is 0.393. The van der Waals surface area contributed by atoms with Crippen LogP contribution in [0.25, 0.3) is 0 Å². The molecule has 3 nitrogen and oxygen atoms in total. The third kappa shape index (κ3) is 3.04. The smallest absolute Gasteiger partial charge is 0.0992 e. The van der Waals surface area contributed by atoms with Crippen LogP contribution in [0.2, 0.25) is 0 Å². The highest BCUT2D eigenvalue weighted by molar-refractivity contribution is 9.10. The summed E-state index contributed by atoms with van der Waals surface area (Å²) in [4.78, 5) is 2.40. The molecule has 2 rings (SSSR count). The van der Waals surface area contributed by atoms with E-state index in [0.29, 0.717) is 5.56 Å². The molecule has 4 heteroatoms. The van der Waals surface area contributed by atoms with E-state index >= 15 is 0 Å². The maximum absolute atomic E-state index is 8.87. The molecule has 1 fully saturated rings. The van der Waals surface area contributed by atoms with E-state index in [9.17, 15) is 0 Å². The lowest BCUT2D eigenvalue weighted by Crippen LogP contribution is -2.36. The van der Waals surface area contributed by atoms with Gasteiger partial charge in [0.1, 0.15) is 0 Å². The van der Waals surface area contributed by atoms with Crippen molar-refractivity contribution in [3.05, 3.63) is 28.2 Å². The van der Waals surface area contributed by atoms with E-state index in [1.807, 2.05) is 25.2 Å². The van der Waals surface area contributed by atoms with E-state index in [4.69, 9.17) is 5.26 Å². The highest BCUT2D eigenvalue weighted by Gasteiger charge is 2.20. The quantitative estimate of drug-likeness (QED) is 0.933. The van der Waals surface area contributed by atoms with Gasteiger partial charge in [-0.25, -0.2) is 0 Å². The summed E-state index contributed by atoms with van der Waals surface area (Å²) in [5.74, 6) is 0.795. The zero-order valence-corrected chi connectivity index (χ0v) is 12.2. The molecule has 1 aliphatic heterocycles. The van der Waals surface area contributed by atoms with Crippen molar-refractivity contribution in [2.45, 2.75) is 12.8 Å². The van der Waals surface area contributed by atoms with Crippen molar-refractivity contribution < 1.29 is 0 Å². The number of hydrogen-bond acceptors (Lipinski definition) is 3. The van der Waals surface area contributed by atoms with Crippen LogP contribution in [0.3, 0.4) is 0 Å². The van der Waals surface area contributed by atoms with Gasteiger partial charge in [0.25, 0.3) is 0 Å². The second-order valence-electron chi connectivity index (χ2n) is 4.77. The van der Waals surface area contributed by atoms with Crippen molar-refractivity contribution in [2.24, 2.45) is 5.92 Å². The Balaban J connectivity index is 2.04. The third-order valence-corrected chi connectivity index (χ3v) is 4.16. The molecular weight excluding hydrogens is 290 g/mol. The summed E-state index contributed by atoms with van der Waals surface area (Å²) < 4.78 is 1.02. The number of nitrogens with one attached hydrogen (secondary N) is 1. The summed E-state index contributed by atoms with van der Waals surface area (Å²) >= 11 is 3.56. The van der Waals surface area contributed by atoms with E-state index in [2.05, 4.69) is 32.2 Å². The zero-order chi connectivity index (χ0) is 13.0. The summed E-state index contributed by atoms with van der Waals surface area (Å²) in [7, 11) is 2.02. The zero-order valence-electron chi connectivity index (χ0n) is 10.6. The second kappa shape index (κ2) is 6.21. The van der Waals surface area contributed by atoms with E-state index in [0.717, 1.165) is 30.0 Å². The molecular formula is C14H18BrN3. The van der Waals surface area contributed by atoms with Gasteiger partial charge >= 0.3 is 0 Å². The number of piperidine rings is 1. The van der Waals surface area contributed by atoms with Crippen LogP contribution in [0.15, 0.2) is 22.7 Å². The van der Waals surface area contributed by atoms with Gasteiger partial charge in [-0.05, 0) is 66.5 Å². The lowest BCUT2D eigenvalue weighted by atomic mass is 9.96. The Morgan fingerprint density at radius 2 is 2.17 bits per heavy atom. The van der Waals surface area contributed by atoms with Crippen LogP contribution in [-0.2, 0) is 0 Å². The summed E-state index contributed by atoms with van der Waals surface area (Å²) in [5, 5.41) is 12.1. The highest BCUT2D eigenvalue weighted by Crippen LogP contribution is 2.30. The Morgan fingerprint density at radius 3 is 2.72 bits per heavy atom. The van der Waals surface area contributed by atoms with Crippen molar-refractivity contribution in [2.75, 3.05) is 31.6 Å². The molecule has 1 N–H and O–H groups in total. The van der Waals surface area contributed by atoms with Crippen LogP contribution < -0.4 is 10.2 Å². The molecule has 1 aliphatic rings. The first-order valence-electron chi connectivity index (χ1n) is 6.33. The van der Waals surface area contributed by atoms with Crippen LogP contribution in [0.4, 0.5) is 5.69 Å². The summed E-state index contributed by atoms with van der Waals surface area (Å²) in [5.41, 5.74) is 1.91. The number of nitriles is 1. The van der Waals surface area contributed by atoms with Crippen molar-refractivity contribution in [3.63, 3.8) is 0 Å². The van der Waals surface area contributed by atoms with Gasteiger partial charge < -0.3 is 10.2 Å². The summed E-state index contributed by atoms with van der Waals surface area (Å²) in [6, 6.07) is 7.99. The topological polar surface area (TPSA) is 39.1 Å². The van der Waals surface area contributed by atoms with Crippen LogP contribution >= 0.6 is 15.9 Å². The van der Waals surface area contributed by atoms with Crippen LogP contribution in [0.1, 0.15) is 18.4 Å². The minimum Gasteiger partial charge on any atom is -0.371 e. The van der Waals surface area contributed by atoms with E-state index in [-0.39, 0.29) is 0 Å². The minimum absolute atomic E-state index is 0.704. The van der Waals surface area contributed by atoms with Gasteiger partial charge in [0, 0.05) is 17.6 Å². The van der Waals surface area contributed by atoms with Crippen molar-refractivity contribution in [1.29, 1.82) is 5.26 Å². The van der Waals surface area contributed by atoms with Crippen LogP contribution in [-0.4, -0.2) is 26.7 Å². The first-order chi connectivity index (χ1) is 8.74. The van der Waals surface area contributed by atoms with Crippen molar-refractivity contribution in [3.8, 4) is 6.07 Å². The fraction of sp³-hybridized carbons (Fsp3) is 0.500. The average Bonchev–Trinajstić information content (AvgIpc) is 2.40. The van der Waals surface area contributed by atoms with Gasteiger partial charge in [-0.15, -0.1) is 0 Å². The normalized spacial score (nSPS) is 16.6. The molecule has 0 amide bonds. The summed E-state index contributed by atoms with van der Waals surface area (Å²) in [6.45, 7) is 3.30. The molecule has 1 saturated heterocycles. The van der Waals surface area contributed by atoms with Gasteiger partial charge in [-0.1, -0.05) is 0 Å². The molecule has 1 heterocycles. The first-order valence-corrected chi connectivity index (χ1v) is 7.13. The van der Waals surface area contributed by atoms with E-state index < -0.39 is 0 Å². The largest absolute Gasteiger partial charge is 0.371 e. The van der Waals surface area contributed by atoms with E-state index in [1.165, 1.54) is 18.5 Å². The predicted molar refractivity (Wildman–Crippen MR) is 77.7 cm³/mol. The van der Waals surface area contributed by atoms with Gasteiger partial charge in [-0.2, -0.15) is 5.26 Å².